The minimum Gasteiger partial charge on any atom is -0.478 e. The fourth-order valence-corrected chi connectivity index (χ4v) is 5.53. The average Bonchev–Trinajstić information content (AvgIpc) is 3.46. The number of nitrogens with one attached hydrogen (secondary N) is 3. The first kappa shape index (κ1) is 22.1. The van der Waals surface area contributed by atoms with Gasteiger partial charge >= 0.3 is 12.0 Å². The smallest absolute Gasteiger partial charge is 0.335 e. The van der Waals surface area contributed by atoms with Gasteiger partial charge in [-0.1, -0.05) is 23.8 Å². The lowest BCUT2D eigenvalue weighted by molar-refractivity contribution is -0.121. The zero-order chi connectivity index (χ0) is 22.5. The second kappa shape index (κ2) is 10.0. The number of hydrogen-bond acceptors (Lipinski definition) is 6. The van der Waals surface area contributed by atoms with Crippen LogP contribution in [0.1, 0.15) is 47.3 Å². The molecule has 3 atom stereocenters. The number of urea groups is 1. The predicted molar refractivity (Wildman–Crippen MR) is 118 cm³/mol. The van der Waals surface area contributed by atoms with Crippen LogP contribution in [0.4, 0.5) is 4.79 Å². The molecule has 2 saturated heterocycles. The Morgan fingerprint density at radius 1 is 1.22 bits per heavy atom. The van der Waals surface area contributed by atoms with Gasteiger partial charge in [0.2, 0.25) is 5.91 Å². The van der Waals surface area contributed by atoms with E-state index in [1.54, 1.807) is 35.1 Å². The van der Waals surface area contributed by atoms with Crippen molar-refractivity contribution in [1.82, 2.24) is 30.9 Å². The molecule has 11 heteroatoms. The molecule has 0 spiro atoms. The maximum absolute atomic E-state index is 12.1. The van der Waals surface area contributed by atoms with Gasteiger partial charge in [-0.05, 0) is 30.5 Å². The fourth-order valence-electron chi connectivity index (χ4n) is 3.99. The van der Waals surface area contributed by atoms with Gasteiger partial charge in [0.05, 0.1) is 36.9 Å². The van der Waals surface area contributed by atoms with Crippen LogP contribution in [0.5, 0.6) is 0 Å². The van der Waals surface area contributed by atoms with Crippen molar-refractivity contribution in [2.75, 3.05) is 5.75 Å². The molecule has 10 nitrogen and oxygen atoms in total. The quantitative estimate of drug-likeness (QED) is 0.312. The van der Waals surface area contributed by atoms with E-state index in [1.165, 1.54) is 0 Å². The van der Waals surface area contributed by atoms with Gasteiger partial charge in [0, 0.05) is 17.4 Å². The highest BCUT2D eigenvalue weighted by molar-refractivity contribution is 8.00. The molecule has 0 bridgehead atoms. The molecular weight excluding hydrogens is 432 g/mol. The highest BCUT2D eigenvalue weighted by Crippen LogP contribution is 2.33. The van der Waals surface area contributed by atoms with E-state index in [0.29, 0.717) is 30.5 Å². The van der Waals surface area contributed by atoms with Crippen molar-refractivity contribution in [3.8, 4) is 0 Å². The molecule has 0 unspecified atom stereocenters. The average molecular weight is 459 g/mol. The number of rotatable bonds is 10. The third kappa shape index (κ3) is 5.58. The van der Waals surface area contributed by atoms with Gasteiger partial charge in [0.1, 0.15) is 5.69 Å². The summed E-state index contributed by atoms with van der Waals surface area (Å²) in [6, 6.07) is 6.97. The Bertz CT molecular complexity index is 979. The number of benzene rings is 1. The highest BCUT2D eigenvalue weighted by atomic mass is 32.2. The maximum Gasteiger partial charge on any atom is 0.335 e. The molecule has 3 amide bonds. The molecule has 4 N–H and O–H groups in total. The molecule has 0 saturated carbocycles. The van der Waals surface area contributed by atoms with E-state index < -0.39 is 5.97 Å². The van der Waals surface area contributed by atoms with Crippen molar-refractivity contribution < 1.29 is 19.5 Å². The van der Waals surface area contributed by atoms with Crippen LogP contribution in [0.25, 0.3) is 0 Å². The summed E-state index contributed by atoms with van der Waals surface area (Å²) in [5, 5.41) is 26.3. The molecule has 0 radical (unpaired) electrons. The van der Waals surface area contributed by atoms with Crippen molar-refractivity contribution in [2.24, 2.45) is 0 Å². The van der Waals surface area contributed by atoms with Gasteiger partial charge in [-0.2, -0.15) is 11.8 Å². The van der Waals surface area contributed by atoms with Gasteiger partial charge in [0.15, 0.2) is 0 Å². The number of carbonyl (C=O) groups excluding carboxylic acids is 2. The van der Waals surface area contributed by atoms with E-state index in [2.05, 4.69) is 26.3 Å². The van der Waals surface area contributed by atoms with Gasteiger partial charge in [0.25, 0.3) is 0 Å². The molecule has 170 valence electrons. The van der Waals surface area contributed by atoms with Crippen molar-refractivity contribution in [3.05, 3.63) is 47.3 Å². The third-order valence-electron chi connectivity index (χ3n) is 5.68. The van der Waals surface area contributed by atoms with Gasteiger partial charge in [-0.25, -0.2) is 14.3 Å². The van der Waals surface area contributed by atoms with Crippen molar-refractivity contribution >= 4 is 29.7 Å². The lowest BCUT2D eigenvalue weighted by Gasteiger charge is -2.16. The largest absolute Gasteiger partial charge is 0.478 e. The number of aromatic nitrogens is 3. The van der Waals surface area contributed by atoms with Crippen LogP contribution in [0.2, 0.25) is 0 Å². The van der Waals surface area contributed by atoms with Crippen LogP contribution in [0.15, 0.2) is 30.5 Å². The Balaban J connectivity index is 1.13. The summed E-state index contributed by atoms with van der Waals surface area (Å²) in [4.78, 5) is 34.5. The first-order valence-corrected chi connectivity index (χ1v) is 11.7. The van der Waals surface area contributed by atoms with Crippen LogP contribution >= 0.6 is 11.8 Å². The number of carbonyl (C=O) groups is 3. The Morgan fingerprint density at radius 2 is 2.03 bits per heavy atom. The maximum atomic E-state index is 12.1. The molecule has 32 heavy (non-hydrogen) atoms. The Kier molecular flexibility index (Phi) is 6.93. The summed E-state index contributed by atoms with van der Waals surface area (Å²) in [5.74, 6) is -0.0271. The molecule has 2 aliphatic heterocycles. The second-order valence-electron chi connectivity index (χ2n) is 8.05. The van der Waals surface area contributed by atoms with Crippen molar-refractivity contribution in [3.63, 3.8) is 0 Å². The normalized spacial score (nSPS) is 21.6. The summed E-state index contributed by atoms with van der Waals surface area (Å²) >= 11 is 1.89. The van der Waals surface area contributed by atoms with Crippen LogP contribution < -0.4 is 16.0 Å². The first-order valence-electron chi connectivity index (χ1n) is 10.6. The minimum absolute atomic E-state index is 0.0170. The Morgan fingerprint density at radius 3 is 2.81 bits per heavy atom. The van der Waals surface area contributed by atoms with E-state index in [4.69, 9.17) is 5.11 Å². The standard InChI is InChI=1S/C21H26N6O4S/c28-18(4-2-1-3-17-19-16(12-32-17)23-21(31)24-19)22-9-15-11-27(26-25-15)10-13-5-7-14(8-6-13)20(29)30/h5-8,11,16-17,19H,1-4,9-10,12H2,(H,22,28)(H,29,30)(H2,23,24,31)/t16-,17-,19-/m0/s1. The second-order valence-corrected chi connectivity index (χ2v) is 9.33. The summed E-state index contributed by atoms with van der Waals surface area (Å²) in [6.45, 7) is 0.786. The summed E-state index contributed by atoms with van der Waals surface area (Å²) < 4.78 is 1.65. The summed E-state index contributed by atoms with van der Waals surface area (Å²) in [7, 11) is 0. The number of aromatic carboxylic acids is 1. The van der Waals surface area contributed by atoms with Crippen LogP contribution in [0, 0.1) is 0 Å². The van der Waals surface area contributed by atoms with Crippen LogP contribution in [-0.2, 0) is 17.9 Å². The molecule has 1 aromatic heterocycles. The molecular formula is C21H26N6O4S. The van der Waals surface area contributed by atoms with Gasteiger partial charge in [-0.15, -0.1) is 5.10 Å². The molecule has 1 aromatic carbocycles. The number of amides is 3. The molecule has 2 aliphatic rings. The number of nitrogens with zero attached hydrogens (tertiary/aromatic N) is 3. The van der Waals surface area contributed by atoms with E-state index in [9.17, 15) is 14.4 Å². The third-order valence-corrected chi connectivity index (χ3v) is 7.19. The number of hydrogen-bond donors (Lipinski definition) is 4. The first-order chi connectivity index (χ1) is 15.5. The number of thioether (sulfide) groups is 1. The highest BCUT2D eigenvalue weighted by Gasteiger charge is 2.42. The zero-order valence-electron chi connectivity index (χ0n) is 17.5. The van der Waals surface area contributed by atoms with E-state index in [0.717, 1.165) is 30.6 Å². The lowest BCUT2D eigenvalue weighted by Crippen LogP contribution is -2.36. The summed E-state index contributed by atoms with van der Waals surface area (Å²) in [5.41, 5.74) is 1.82. The predicted octanol–water partition coefficient (Wildman–Crippen LogP) is 1.37. The number of unbranched alkanes of at least 4 members (excludes halogenated alkanes) is 1. The topological polar surface area (TPSA) is 138 Å². The van der Waals surface area contributed by atoms with Crippen molar-refractivity contribution in [2.45, 2.75) is 56.1 Å². The molecule has 0 aliphatic carbocycles. The van der Waals surface area contributed by atoms with E-state index >= 15 is 0 Å². The zero-order valence-corrected chi connectivity index (χ0v) is 18.3. The number of carboxylic acid groups (broad SMARTS) is 1. The van der Waals surface area contributed by atoms with Crippen LogP contribution in [0.3, 0.4) is 0 Å². The number of fused-ring (bicyclic) bond motifs is 1. The van der Waals surface area contributed by atoms with Gasteiger partial charge < -0.3 is 21.1 Å². The van der Waals surface area contributed by atoms with Crippen molar-refractivity contribution in [1.29, 1.82) is 0 Å². The lowest BCUT2D eigenvalue weighted by atomic mass is 10.0. The van der Waals surface area contributed by atoms with Crippen LogP contribution in [-0.4, -0.2) is 61.1 Å². The Labute approximate surface area is 189 Å². The molecule has 3 heterocycles. The SMILES string of the molecule is O=C(CCCC[C@@H]1SC[C@@H]2NC(=O)N[C@@H]21)NCc1cn(Cc2ccc(C(=O)O)cc2)nn1. The fraction of sp³-hybridized carbons (Fsp3) is 0.476. The van der Waals surface area contributed by atoms with E-state index in [-0.39, 0.29) is 29.6 Å². The monoisotopic (exact) mass is 458 g/mol. The summed E-state index contributed by atoms with van der Waals surface area (Å²) in [6.07, 6.45) is 4.97. The molecule has 2 aromatic rings. The Hall–Kier alpha value is -3.08. The number of carboxylic acids is 1. The molecule has 4 rings (SSSR count). The van der Waals surface area contributed by atoms with E-state index in [1.807, 2.05) is 11.8 Å². The minimum atomic E-state index is -0.957. The molecule has 2 fully saturated rings. The van der Waals surface area contributed by atoms with Gasteiger partial charge in [-0.3, -0.25) is 4.79 Å².